The lowest BCUT2D eigenvalue weighted by atomic mass is 10.1. The molecule has 1 amide bonds. The van der Waals surface area contributed by atoms with Gasteiger partial charge in [-0.05, 0) is 37.1 Å². The van der Waals surface area contributed by atoms with E-state index in [4.69, 9.17) is 11.6 Å². The molecular weight excluding hydrogens is 260 g/mol. The summed E-state index contributed by atoms with van der Waals surface area (Å²) >= 11 is 6.01. The van der Waals surface area contributed by atoms with Gasteiger partial charge in [0.25, 0.3) is 5.91 Å². The van der Waals surface area contributed by atoms with Crippen LogP contribution in [0.4, 0.5) is 5.69 Å². The van der Waals surface area contributed by atoms with Gasteiger partial charge in [-0.3, -0.25) is 4.79 Å². The maximum atomic E-state index is 12.6. The molecule has 2 aromatic rings. The fourth-order valence-corrected chi connectivity index (χ4v) is 2.75. The number of nitrogens with zero attached hydrogens (tertiary/aromatic N) is 2. The molecule has 0 spiro atoms. The van der Waals surface area contributed by atoms with Crippen molar-refractivity contribution in [1.29, 1.82) is 0 Å². The smallest absolute Gasteiger partial charge is 0.261 e. The van der Waals surface area contributed by atoms with Crippen LogP contribution in [0.15, 0.2) is 42.6 Å². The molecule has 0 saturated carbocycles. The average Bonchev–Trinajstić information content (AvgIpc) is 2.74. The van der Waals surface area contributed by atoms with Crippen molar-refractivity contribution in [2.45, 2.75) is 19.4 Å². The summed E-state index contributed by atoms with van der Waals surface area (Å²) in [6, 6.07) is 11.6. The summed E-state index contributed by atoms with van der Waals surface area (Å²) in [6.07, 6.45) is 2.46. The van der Waals surface area contributed by atoms with Gasteiger partial charge in [-0.2, -0.15) is 0 Å². The van der Waals surface area contributed by atoms with Crippen LogP contribution in [0.3, 0.4) is 0 Å². The summed E-state index contributed by atoms with van der Waals surface area (Å²) in [5.74, 6) is -0.0875. The van der Waals surface area contributed by atoms with Crippen LogP contribution in [-0.4, -0.2) is 16.9 Å². The van der Waals surface area contributed by atoms with E-state index in [9.17, 15) is 4.79 Å². The number of aromatic nitrogens is 1. The van der Waals surface area contributed by atoms with Crippen LogP contribution in [0, 0.1) is 0 Å². The number of halogens is 1. The molecule has 4 heteroatoms. The molecule has 1 aliphatic rings. The molecule has 0 aliphatic carbocycles. The van der Waals surface area contributed by atoms with Gasteiger partial charge in [-0.1, -0.05) is 29.8 Å². The fourth-order valence-electron chi connectivity index (χ4n) is 2.55. The molecule has 3 nitrogen and oxygen atoms in total. The van der Waals surface area contributed by atoms with Crippen molar-refractivity contribution in [3.8, 4) is 0 Å². The van der Waals surface area contributed by atoms with Gasteiger partial charge in [0.2, 0.25) is 0 Å². The Morgan fingerprint density at radius 3 is 2.89 bits per heavy atom. The molecule has 1 aliphatic heterocycles. The number of hydrogen-bond donors (Lipinski definition) is 0. The van der Waals surface area contributed by atoms with E-state index in [2.05, 4.69) is 11.1 Å². The van der Waals surface area contributed by atoms with E-state index in [-0.39, 0.29) is 17.1 Å². The fraction of sp³-hybridized carbons (Fsp3) is 0.200. The van der Waals surface area contributed by atoms with Gasteiger partial charge in [0.05, 0.1) is 5.56 Å². The number of amides is 1. The summed E-state index contributed by atoms with van der Waals surface area (Å²) in [4.78, 5) is 18.4. The highest BCUT2D eigenvalue weighted by molar-refractivity contribution is 6.33. The van der Waals surface area contributed by atoms with Crippen molar-refractivity contribution in [3.05, 3.63) is 58.9 Å². The number of rotatable bonds is 1. The van der Waals surface area contributed by atoms with Gasteiger partial charge < -0.3 is 4.90 Å². The van der Waals surface area contributed by atoms with Gasteiger partial charge in [0.15, 0.2) is 0 Å². The standard InChI is InChI=1S/C15H13ClN2O/c1-10-9-11-5-2-3-7-13(11)18(10)15(19)12-6-4-8-17-14(12)16/h2-8,10H,9H2,1H3. The van der Waals surface area contributed by atoms with E-state index in [1.807, 2.05) is 25.1 Å². The van der Waals surface area contributed by atoms with E-state index in [0.29, 0.717) is 5.56 Å². The first-order valence-corrected chi connectivity index (χ1v) is 6.58. The van der Waals surface area contributed by atoms with Crippen LogP contribution in [0.2, 0.25) is 5.15 Å². The van der Waals surface area contributed by atoms with Gasteiger partial charge in [0, 0.05) is 17.9 Å². The van der Waals surface area contributed by atoms with Gasteiger partial charge >= 0.3 is 0 Å². The Morgan fingerprint density at radius 2 is 2.11 bits per heavy atom. The Kier molecular flexibility index (Phi) is 2.99. The highest BCUT2D eigenvalue weighted by atomic mass is 35.5. The van der Waals surface area contributed by atoms with Gasteiger partial charge in [-0.15, -0.1) is 0 Å². The van der Waals surface area contributed by atoms with Crippen molar-refractivity contribution < 1.29 is 4.79 Å². The van der Waals surface area contributed by atoms with Crippen LogP contribution in [0.5, 0.6) is 0 Å². The van der Waals surface area contributed by atoms with Crippen molar-refractivity contribution in [3.63, 3.8) is 0 Å². The van der Waals surface area contributed by atoms with Gasteiger partial charge in [-0.25, -0.2) is 4.98 Å². The number of para-hydroxylation sites is 1. The SMILES string of the molecule is CC1Cc2ccccc2N1C(=O)c1cccnc1Cl. The van der Waals surface area contributed by atoms with Crippen molar-refractivity contribution in [1.82, 2.24) is 4.98 Å². The third kappa shape index (κ3) is 2.00. The lowest BCUT2D eigenvalue weighted by molar-refractivity contribution is 0.0981. The van der Waals surface area contributed by atoms with E-state index in [1.165, 1.54) is 5.56 Å². The van der Waals surface area contributed by atoms with E-state index < -0.39 is 0 Å². The second-order valence-electron chi connectivity index (χ2n) is 4.70. The summed E-state index contributed by atoms with van der Waals surface area (Å²) in [5, 5.41) is 0.254. The molecule has 1 unspecified atom stereocenters. The zero-order valence-electron chi connectivity index (χ0n) is 10.5. The molecule has 1 aromatic heterocycles. The van der Waals surface area contributed by atoms with Crippen molar-refractivity contribution >= 4 is 23.2 Å². The Morgan fingerprint density at radius 1 is 1.32 bits per heavy atom. The zero-order valence-corrected chi connectivity index (χ0v) is 11.3. The molecule has 19 heavy (non-hydrogen) atoms. The van der Waals surface area contributed by atoms with Gasteiger partial charge in [0.1, 0.15) is 5.15 Å². The van der Waals surface area contributed by atoms with Crippen molar-refractivity contribution in [2.75, 3.05) is 4.90 Å². The number of pyridine rings is 1. The summed E-state index contributed by atoms with van der Waals surface area (Å²) in [6.45, 7) is 2.04. The Balaban J connectivity index is 2.03. The molecule has 0 N–H and O–H groups in total. The number of carbonyl (C=O) groups is 1. The molecule has 2 heterocycles. The summed E-state index contributed by atoms with van der Waals surface area (Å²) in [5.41, 5.74) is 2.62. The molecule has 96 valence electrons. The predicted molar refractivity (Wildman–Crippen MR) is 75.7 cm³/mol. The maximum Gasteiger partial charge on any atom is 0.261 e. The predicted octanol–water partition coefficient (Wildman–Crippen LogP) is 3.33. The minimum absolute atomic E-state index is 0.0875. The lowest BCUT2D eigenvalue weighted by Gasteiger charge is -2.23. The molecule has 0 fully saturated rings. The van der Waals surface area contributed by atoms with Crippen LogP contribution >= 0.6 is 11.6 Å². The monoisotopic (exact) mass is 272 g/mol. The second kappa shape index (κ2) is 4.67. The highest BCUT2D eigenvalue weighted by Gasteiger charge is 2.32. The summed E-state index contributed by atoms with van der Waals surface area (Å²) < 4.78 is 0. The molecule has 1 aromatic carbocycles. The lowest BCUT2D eigenvalue weighted by Crippen LogP contribution is -2.35. The quantitative estimate of drug-likeness (QED) is 0.746. The first-order chi connectivity index (χ1) is 9.18. The average molecular weight is 273 g/mol. The first-order valence-electron chi connectivity index (χ1n) is 6.20. The second-order valence-corrected chi connectivity index (χ2v) is 5.06. The largest absolute Gasteiger partial charge is 0.305 e. The molecule has 3 rings (SSSR count). The van der Waals surface area contributed by atoms with Crippen LogP contribution in [0.1, 0.15) is 22.8 Å². The van der Waals surface area contributed by atoms with Crippen LogP contribution in [-0.2, 0) is 6.42 Å². The number of fused-ring (bicyclic) bond motifs is 1. The van der Waals surface area contributed by atoms with Crippen molar-refractivity contribution in [2.24, 2.45) is 0 Å². The topological polar surface area (TPSA) is 33.2 Å². The summed E-state index contributed by atoms with van der Waals surface area (Å²) in [7, 11) is 0. The minimum atomic E-state index is -0.0875. The molecule has 0 saturated heterocycles. The van der Waals surface area contributed by atoms with Crippen LogP contribution < -0.4 is 4.90 Å². The number of anilines is 1. The number of carbonyl (C=O) groups excluding carboxylic acids is 1. The molecule has 0 radical (unpaired) electrons. The minimum Gasteiger partial charge on any atom is -0.305 e. The van der Waals surface area contributed by atoms with E-state index in [1.54, 1.807) is 23.2 Å². The zero-order chi connectivity index (χ0) is 13.4. The number of benzene rings is 1. The molecular formula is C15H13ClN2O. The normalized spacial score (nSPS) is 17.4. The van der Waals surface area contributed by atoms with Crippen LogP contribution in [0.25, 0.3) is 0 Å². The van der Waals surface area contributed by atoms with E-state index >= 15 is 0 Å². The highest BCUT2D eigenvalue weighted by Crippen LogP contribution is 2.33. The Hall–Kier alpha value is -1.87. The van der Waals surface area contributed by atoms with E-state index in [0.717, 1.165) is 12.1 Å². The Labute approximate surface area is 116 Å². The third-order valence-electron chi connectivity index (χ3n) is 3.42. The third-order valence-corrected chi connectivity index (χ3v) is 3.72. The maximum absolute atomic E-state index is 12.6. The first kappa shape index (κ1) is 12.2. The molecule has 0 bridgehead atoms. The Bertz CT molecular complexity index is 642. The molecule has 1 atom stereocenters. The number of hydrogen-bond acceptors (Lipinski definition) is 2.